The number of hydrogen-bond donors (Lipinski definition) is 1. The van der Waals surface area contributed by atoms with E-state index < -0.39 is 11.7 Å². The van der Waals surface area contributed by atoms with Crippen molar-refractivity contribution in [2.24, 2.45) is 0 Å². The molecule has 0 atom stereocenters. The Morgan fingerprint density at radius 3 is 2.44 bits per heavy atom. The lowest BCUT2D eigenvalue weighted by atomic mass is 10.1. The van der Waals surface area contributed by atoms with Gasteiger partial charge in [0.2, 0.25) is 0 Å². The van der Waals surface area contributed by atoms with Crippen LogP contribution in [-0.4, -0.2) is 0 Å². The van der Waals surface area contributed by atoms with Gasteiger partial charge in [0.15, 0.2) is 0 Å². The van der Waals surface area contributed by atoms with Crippen LogP contribution in [0.4, 0.5) is 18.9 Å². The fourth-order valence-corrected chi connectivity index (χ4v) is 2.54. The molecule has 0 aliphatic carbocycles. The summed E-state index contributed by atoms with van der Waals surface area (Å²) in [5.41, 5.74) is -0.581. The Bertz CT molecular complexity index is 536. The van der Waals surface area contributed by atoms with Crippen LogP contribution in [0.5, 0.6) is 0 Å². The molecule has 0 aliphatic rings. The highest BCUT2D eigenvalue weighted by Crippen LogP contribution is 2.35. The zero-order chi connectivity index (χ0) is 13.2. The van der Waals surface area contributed by atoms with Crippen molar-refractivity contribution in [3.05, 3.63) is 51.2 Å². The molecule has 0 radical (unpaired) electrons. The first-order chi connectivity index (χ1) is 8.47. The van der Waals surface area contributed by atoms with Crippen LogP contribution in [-0.2, 0) is 12.7 Å². The number of para-hydroxylation sites is 1. The molecule has 0 spiro atoms. The molecule has 96 valence electrons. The minimum absolute atomic E-state index is 0.0783. The van der Waals surface area contributed by atoms with Gasteiger partial charge in [0.25, 0.3) is 0 Å². The molecule has 2 aromatic rings. The second-order valence-electron chi connectivity index (χ2n) is 3.60. The Morgan fingerprint density at radius 1 is 1.11 bits per heavy atom. The van der Waals surface area contributed by atoms with Crippen molar-refractivity contribution in [2.75, 3.05) is 5.32 Å². The molecule has 1 nitrogen and oxygen atoms in total. The van der Waals surface area contributed by atoms with E-state index in [2.05, 4.69) is 5.32 Å². The average Bonchev–Trinajstić information content (AvgIpc) is 2.72. The lowest BCUT2D eigenvalue weighted by Gasteiger charge is -2.13. The molecule has 0 unspecified atom stereocenters. The minimum Gasteiger partial charge on any atom is -0.380 e. The monoisotopic (exact) mass is 291 g/mol. The lowest BCUT2D eigenvalue weighted by Crippen LogP contribution is -2.10. The van der Waals surface area contributed by atoms with Crippen molar-refractivity contribution in [3.8, 4) is 0 Å². The summed E-state index contributed by atoms with van der Waals surface area (Å²) in [6, 6.07) is 8.92. The molecule has 1 aromatic carbocycles. The molecule has 18 heavy (non-hydrogen) atoms. The zero-order valence-corrected chi connectivity index (χ0v) is 10.7. The van der Waals surface area contributed by atoms with Gasteiger partial charge < -0.3 is 5.32 Å². The van der Waals surface area contributed by atoms with E-state index in [1.165, 1.54) is 23.5 Å². The second-order valence-corrected chi connectivity index (χ2v) is 5.40. The number of rotatable bonds is 3. The number of anilines is 1. The summed E-state index contributed by atoms with van der Waals surface area (Å²) >= 11 is 7.10. The predicted octanol–water partition coefficient (Wildman–Crippen LogP) is 5.03. The number of alkyl halides is 3. The van der Waals surface area contributed by atoms with Crippen molar-refractivity contribution in [1.29, 1.82) is 0 Å². The third-order valence-corrected chi connectivity index (χ3v) is 3.55. The van der Waals surface area contributed by atoms with Crippen LogP contribution in [0, 0.1) is 0 Å². The Kier molecular flexibility index (Phi) is 3.82. The van der Waals surface area contributed by atoms with Gasteiger partial charge in [-0.05, 0) is 24.3 Å². The van der Waals surface area contributed by atoms with Gasteiger partial charge in [-0.25, -0.2) is 0 Å². The SMILES string of the molecule is FC(F)(F)c1ccccc1NCc1ccc(Cl)s1. The summed E-state index contributed by atoms with van der Waals surface area (Å²) in [4.78, 5) is 0.886. The average molecular weight is 292 g/mol. The number of thiophene rings is 1. The van der Waals surface area contributed by atoms with E-state index in [-0.39, 0.29) is 5.69 Å². The quantitative estimate of drug-likeness (QED) is 0.836. The predicted molar refractivity (Wildman–Crippen MR) is 68.1 cm³/mol. The Hall–Kier alpha value is -1.20. The molecule has 0 saturated heterocycles. The molecule has 0 bridgehead atoms. The largest absolute Gasteiger partial charge is 0.418 e. The molecule has 6 heteroatoms. The van der Waals surface area contributed by atoms with Crippen LogP contribution in [0.25, 0.3) is 0 Å². The van der Waals surface area contributed by atoms with Crippen LogP contribution in [0.2, 0.25) is 4.34 Å². The third-order valence-electron chi connectivity index (χ3n) is 2.31. The summed E-state index contributed by atoms with van der Waals surface area (Å²) in [6.45, 7) is 0.324. The smallest absolute Gasteiger partial charge is 0.380 e. The summed E-state index contributed by atoms with van der Waals surface area (Å²) in [6.07, 6.45) is -4.35. The van der Waals surface area contributed by atoms with E-state index in [4.69, 9.17) is 11.6 Å². The van der Waals surface area contributed by atoms with Crippen molar-refractivity contribution in [2.45, 2.75) is 12.7 Å². The number of hydrogen-bond acceptors (Lipinski definition) is 2. The maximum atomic E-state index is 12.7. The molecule has 2 rings (SSSR count). The maximum absolute atomic E-state index is 12.7. The van der Waals surface area contributed by atoms with Crippen molar-refractivity contribution >= 4 is 28.6 Å². The molecule has 0 amide bonds. The fraction of sp³-hybridized carbons (Fsp3) is 0.167. The maximum Gasteiger partial charge on any atom is 0.418 e. The highest BCUT2D eigenvalue weighted by atomic mass is 35.5. The number of nitrogens with one attached hydrogen (secondary N) is 1. The number of benzene rings is 1. The molecule has 1 N–H and O–H groups in total. The summed E-state index contributed by atoms with van der Waals surface area (Å²) < 4.78 is 38.8. The summed E-state index contributed by atoms with van der Waals surface area (Å²) in [5.74, 6) is 0. The van der Waals surface area contributed by atoms with E-state index in [1.807, 2.05) is 0 Å². The Labute approximate surface area is 111 Å². The Balaban J connectivity index is 2.14. The van der Waals surface area contributed by atoms with Gasteiger partial charge in [-0.15, -0.1) is 11.3 Å². The van der Waals surface area contributed by atoms with E-state index in [0.717, 1.165) is 10.9 Å². The molecule has 1 heterocycles. The molecule has 1 aromatic heterocycles. The topological polar surface area (TPSA) is 12.0 Å². The van der Waals surface area contributed by atoms with Crippen LogP contribution in [0.1, 0.15) is 10.4 Å². The third kappa shape index (κ3) is 3.17. The van der Waals surface area contributed by atoms with E-state index >= 15 is 0 Å². The van der Waals surface area contributed by atoms with E-state index in [9.17, 15) is 13.2 Å². The molecule has 0 saturated carbocycles. The minimum atomic E-state index is -4.35. The van der Waals surface area contributed by atoms with Crippen LogP contribution >= 0.6 is 22.9 Å². The first kappa shape index (κ1) is 13.2. The zero-order valence-electron chi connectivity index (χ0n) is 9.09. The molecular formula is C12H9ClF3NS. The van der Waals surface area contributed by atoms with Crippen LogP contribution in [0.3, 0.4) is 0 Å². The van der Waals surface area contributed by atoms with Gasteiger partial charge in [-0.2, -0.15) is 13.2 Å². The summed E-state index contributed by atoms with van der Waals surface area (Å²) in [5, 5.41) is 2.78. The van der Waals surface area contributed by atoms with Gasteiger partial charge in [-0.3, -0.25) is 0 Å². The summed E-state index contributed by atoms with van der Waals surface area (Å²) in [7, 11) is 0. The van der Waals surface area contributed by atoms with Crippen molar-refractivity contribution in [3.63, 3.8) is 0 Å². The van der Waals surface area contributed by atoms with E-state index in [1.54, 1.807) is 18.2 Å². The highest BCUT2D eigenvalue weighted by Gasteiger charge is 2.32. The van der Waals surface area contributed by atoms with Gasteiger partial charge in [0.1, 0.15) is 0 Å². The lowest BCUT2D eigenvalue weighted by molar-refractivity contribution is -0.136. The highest BCUT2D eigenvalue weighted by molar-refractivity contribution is 7.16. The van der Waals surface area contributed by atoms with Crippen LogP contribution < -0.4 is 5.32 Å². The van der Waals surface area contributed by atoms with Gasteiger partial charge >= 0.3 is 6.18 Å². The molecule has 0 fully saturated rings. The first-order valence-corrected chi connectivity index (χ1v) is 6.30. The Morgan fingerprint density at radius 2 is 1.83 bits per heavy atom. The van der Waals surface area contributed by atoms with Gasteiger partial charge in [0, 0.05) is 17.1 Å². The molecule has 0 aliphatic heterocycles. The van der Waals surface area contributed by atoms with Gasteiger partial charge in [-0.1, -0.05) is 23.7 Å². The van der Waals surface area contributed by atoms with E-state index in [0.29, 0.717) is 10.9 Å². The first-order valence-electron chi connectivity index (χ1n) is 5.11. The number of halogens is 4. The van der Waals surface area contributed by atoms with Crippen molar-refractivity contribution in [1.82, 2.24) is 0 Å². The normalized spacial score (nSPS) is 11.6. The molecular weight excluding hydrogens is 283 g/mol. The van der Waals surface area contributed by atoms with Crippen molar-refractivity contribution < 1.29 is 13.2 Å². The van der Waals surface area contributed by atoms with Gasteiger partial charge in [0.05, 0.1) is 9.90 Å². The fourth-order valence-electron chi connectivity index (χ4n) is 1.51. The standard InChI is InChI=1S/C12H9ClF3NS/c13-11-6-5-8(18-11)7-17-10-4-2-1-3-9(10)12(14,15)16/h1-6,17H,7H2. The second kappa shape index (κ2) is 5.20. The van der Waals surface area contributed by atoms with Crippen LogP contribution in [0.15, 0.2) is 36.4 Å².